The van der Waals surface area contributed by atoms with E-state index in [4.69, 9.17) is 0 Å². The van der Waals surface area contributed by atoms with Crippen molar-refractivity contribution in [2.24, 2.45) is 11.8 Å². The van der Waals surface area contributed by atoms with Crippen LogP contribution in [-0.4, -0.2) is 66.6 Å². The van der Waals surface area contributed by atoms with Gasteiger partial charge in [0.1, 0.15) is 17.9 Å². The summed E-state index contributed by atoms with van der Waals surface area (Å²) in [6.45, 7) is 6.23. The van der Waals surface area contributed by atoms with E-state index in [1.54, 1.807) is 15.7 Å². The second kappa shape index (κ2) is 13.8. The highest BCUT2D eigenvalue weighted by Crippen LogP contribution is 2.33. The zero-order chi connectivity index (χ0) is 31.3. The standard InChI is InChI=1S/C18H21N5.C17H18FN5/c1-13-4-5-15-10-16(7-6-14(15)9-13)18(23-21-12-20-22-23)17-3-2-8-19-11-17;18-16-6-5-12-8-14(4-3-13(12)9-16)17(23-21-11-20-22-23)15-2-1-7-19-10-15/h4-7,9-10,12,17-19H,2-3,8,11H2,1H3;3-6,8-9,11,15,17,19H,1-2,7,10H2/t17-,18+;15-,17-/m01/s1. The Bertz CT molecular complexity index is 1720. The Morgan fingerprint density at radius 1 is 0.652 bits per heavy atom. The SMILES string of the molecule is Cc1ccc2cc([C@H]([C@H]3CCCNC3)n3ncnn3)ccc2c1.Fc1ccc2cc([C@H]([C@@H]3CCCNC3)n3ncnn3)ccc2c1. The van der Waals surface area contributed by atoms with E-state index in [0.29, 0.717) is 11.8 Å². The number of halogens is 1. The lowest BCUT2D eigenvalue weighted by molar-refractivity contribution is 0.261. The van der Waals surface area contributed by atoms with Crippen LogP contribution in [0.2, 0.25) is 0 Å². The number of nitrogens with zero attached hydrogens (tertiary/aromatic N) is 8. The predicted molar refractivity (Wildman–Crippen MR) is 176 cm³/mol. The first-order valence-corrected chi connectivity index (χ1v) is 16.2. The minimum absolute atomic E-state index is 0.0414. The lowest BCUT2D eigenvalue weighted by atomic mass is 9.86. The summed E-state index contributed by atoms with van der Waals surface area (Å²) < 4.78 is 13.4. The molecule has 0 radical (unpaired) electrons. The maximum Gasteiger partial charge on any atom is 0.162 e. The molecule has 0 spiro atoms. The van der Waals surface area contributed by atoms with Crippen molar-refractivity contribution in [1.29, 1.82) is 0 Å². The van der Waals surface area contributed by atoms with E-state index < -0.39 is 0 Å². The molecule has 10 nitrogen and oxygen atoms in total. The molecule has 2 aliphatic heterocycles. The van der Waals surface area contributed by atoms with E-state index in [2.05, 4.69) is 90.8 Å². The van der Waals surface area contributed by atoms with Gasteiger partial charge in [0.2, 0.25) is 0 Å². The summed E-state index contributed by atoms with van der Waals surface area (Å²) in [6.07, 6.45) is 7.65. The van der Waals surface area contributed by atoms with Crippen molar-refractivity contribution in [3.8, 4) is 0 Å². The lowest BCUT2D eigenvalue weighted by Gasteiger charge is -2.30. The first-order chi connectivity index (χ1) is 22.6. The number of aromatic nitrogens is 8. The number of benzene rings is 4. The fraction of sp³-hybridized carbons (Fsp3) is 0.371. The molecule has 0 saturated carbocycles. The minimum Gasteiger partial charge on any atom is -0.316 e. The van der Waals surface area contributed by atoms with Crippen LogP contribution in [0.25, 0.3) is 21.5 Å². The molecule has 6 aromatic rings. The molecule has 0 bridgehead atoms. The summed E-state index contributed by atoms with van der Waals surface area (Å²) in [6, 6.07) is 24.5. The second-order valence-electron chi connectivity index (χ2n) is 12.5. The van der Waals surface area contributed by atoms with E-state index in [1.165, 1.54) is 53.5 Å². The van der Waals surface area contributed by atoms with Gasteiger partial charge in [0.05, 0.1) is 0 Å². The Labute approximate surface area is 267 Å². The largest absolute Gasteiger partial charge is 0.316 e. The van der Waals surface area contributed by atoms with E-state index in [9.17, 15) is 4.39 Å². The Morgan fingerprint density at radius 2 is 1.15 bits per heavy atom. The molecule has 46 heavy (non-hydrogen) atoms. The molecule has 236 valence electrons. The van der Waals surface area contributed by atoms with Crippen LogP contribution >= 0.6 is 0 Å². The molecule has 2 aromatic heterocycles. The van der Waals surface area contributed by atoms with Crippen molar-refractivity contribution >= 4 is 21.5 Å². The molecule has 4 heterocycles. The second-order valence-corrected chi connectivity index (χ2v) is 12.5. The Morgan fingerprint density at radius 3 is 1.65 bits per heavy atom. The maximum atomic E-state index is 13.4. The Balaban J connectivity index is 0.000000147. The topological polar surface area (TPSA) is 111 Å². The van der Waals surface area contributed by atoms with Crippen molar-refractivity contribution in [3.63, 3.8) is 0 Å². The summed E-state index contributed by atoms with van der Waals surface area (Å²) >= 11 is 0. The van der Waals surface area contributed by atoms with Crippen LogP contribution in [0, 0.1) is 24.6 Å². The van der Waals surface area contributed by atoms with Crippen LogP contribution in [0.1, 0.15) is 54.5 Å². The van der Waals surface area contributed by atoms with Gasteiger partial charge in [-0.1, -0.05) is 54.1 Å². The number of rotatable bonds is 6. The summed E-state index contributed by atoms with van der Waals surface area (Å²) in [7, 11) is 0. The molecule has 2 N–H and O–H groups in total. The predicted octanol–water partition coefficient (Wildman–Crippen LogP) is 5.28. The fourth-order valence-electron chi connectivity index (χ4n) is 7.08. The summed E-state index contributed by atoms with van der Waals surface area (Å²) in [5.41, 5.74) is 3.68. The fourth-order valence-corrected chi connectivity index (χ4v) is 7.08. The molecular formula is C35H39FN10. The highest BCUT2D eigenvalue weighted by atomic mass is 19.1. The van der Waals surface area contributed by atoms with Gasteiger partial charge in [-0.15, -0.1) is 20.4 Å². The third-order valence-corrected chi connectivity index (χ3v) is 9.32. The zero-order valence-electron chi connectivity index (χ0n) is 26.0. The van der Waals surface area contributed by atoms with Gasteiger partial charge in [0.15, 0.2) is 12.7 Å². The van der Waals surface area contributed by atoms with Gasteiger partial charge in [-0.25, -0.2) is 4.39 Å². The average molecular weight is 619 g/mol. The molecule has 2 saturated heterocycles. The third-order valence-electron chi connectivity index (χ3n) is 9.32. The van der Waals surface area contributed by atoms with E-state index in [0.717, 1.165) is 55.4 Å². The van der Waals surface area contributed by atoms with Gasteiger partial charge >= 0.3 is 0 Å². The number of nitrogens with one attached hydrogen (secondary N) is 2. The van der Waals surface area contributed by atoms with Crippen LogP contribution in [0.15, 0.2) is 85.5 Å². The number of aryl methyl sites for hydroxylation is 1. The van der Waals surface area contributed by atoms with Crippen LogP contribution in [-0.2, 0) is 0 Å². The molecule has 2 fully saturated rings. The first kappa shape index (κ1) is 30.1. The number of hydrogen-bond donors (Lipinski definition) is 2. The molecule has 11 heteroatoms. The lowest BCUT2D eigenvalue weighted by Crippen LogP contribution is -2.36. The van der Waals surface area contributed by atoms with Gasteiger partial charge < -0.3 is 10.6 Å². The van der Waals surface area contributed by atoms with Crippen LogP contribution in [0.5, 0.6) is 0 Å². The van der Waals surface area contributed by atoms with Crippen LogP contribution in [0.4, 0.5) is 4.39 Å². The quantitative estimate of drug-likeness (QED) is 0.260. The molecule has 0 amide bonds. The third kappa shape index (κ3) is 6.66. The van der Waals surface area contributed by atoms with Crippen molar-refractivity contribution in [2.75, 3.05) is 26.2 Å². The molecule has 8 rings (SSSR count). The molecule has 0 unspecified atom stereocenters. The Kier molecular flexibility index (Phi) is 9.02. The number of hydrogen-bond acceptors (Lipinski definition) is 8. The van der Waals surface area contributed by atoms with Crippen LogP contribution in [0.3, 0.4) is 0 Å². The van der Waals surface area contributed by atoms with Gasteiger partial charge in [-0.2, -0.15) is 9.59 Å². The first-order valence-electron chi connectivity index (χ1n) is 16.2. The van der Waals surface area contributed by atoms with Gasteiger partial charge in [-0.05, 0) is 125 Å². The van der Waals surface area contributed by atoms with Crippen molar-refractivity contribution in [2.45, 2.75) is 44.7 Å². The number of piperidine rings is 2. The molecule has 4 atom stereocenters. The Hall–Kier alpha value is -4.61. The maximum absolute atomic E-state index is 13.4. The summed E-state index contributed by atoms with van der Waals surface area (Å²) in [4.78, 5) is 3.47. The van der Waals surface area contributed by atoms with Crippen molar-refractivity contribution in [1.82, 2.24) is 51.0 Å². The van der Waals surface area contributed by atoms with Crippen molar-refractivity contribution in [3.05, 3.63) is 108 Å². The molecule has 0 aliphatic carbocycles. The smallest absolute Gasteiger partial charge is 0.162 e. The normalized spacial score (nSPS) is 19.8. The average Bonchev–Trinajstić information content (AvgIpc) is 3.82. The van der Waals surface area contributed by atoms with E-state index in [-0.39, 0.29) is 17.9 Å². The van der Waals surface area contributed by atoms with Gasteiger partial charge in [-0.3, -0.25) is 0 Å². The number of tetrazole rings is 2. The van der Waals surface area contributed by atoms with Crippen LogP contribution < -0.4 is 10.6 Å². The van der Waals surface area contributed by atoms with E-state index >= 15 is 0 Å². The van der Waals surface area contributed by atoms with Gasteiger partial charge in [0, 0.05) is 13.1 Å². The molecule has 2 aliphatic rings. The highest BCUT2D eigenvalue weighted by molar-refractivity contribution is 5.84. The monoisotopic (exact) mass is 618 g/mol. The van der Waals surface area contributed by atoms with E-state index in [1.807, 2.05) is 18.2 Å². The zero-order valence-corrected chi connectivity index (χ0v) is 26.0. The summed E-state index contributed by atoms with van der Waals surface area (Å²) in [5.74, 6) is 0.688. The molecular weight excluding hydrogens is 579 g/mol. The number of fused-ring (bicyclic) bond motifs is 2. The van der Waals surface area contributed by atoms with Gasteiger partial charge in [0.25, 0.3) is 0 Å². The summed E-state index contributed by atoms with van der Waals surface area (Å²) in [5, 5.41) is 36.1. The highest BCUT2D eigenvalue weighted by Gasteiger charge is 2.29. The van der Waals surface area contributed by atoms with Crippen molar-refractivity contribution < 1.29 is 4.39 Å². The minimum atomic E-state index is -0.212. The molecule has 4 aromatic carbocycles.